The number of hydrogen-bond donors (Lipinski definition) is 2. The molecule has 0 fully saturated rings. The molecule has 132 valence electrons. The number of fused-ring (bicyclic) bond motifs is 1. The van der Waals surface area contributed by atoms with Crippen LogP contribution in [-0.2, 0) is 6.42 Å². The Balaban J connectivity index is 1.41. The van der Waals surface area contributed by atoms with Crippen LogP contribution in [0.5, 0.6) is 0 Å². The van der Waals surface area contributed by atoms with Gasteiger partial charge in [0.2, 0.25) is 0 Å². The summed E-state index contributed by atoms with van der Waals surface area (Å²) >= 11 is 1.80. The molecule has 0 aromatic carbocycles. The maximum Gasteiger partial charge on any atom is 0.190 e. The molecule has 3 aromatic rings. The van der Waals surface area contributed by atoms with E-state index in [0.29, 0.717) is 5.92 Å². The third-order valence-corrected chi connectivity index (χ3v) is 5.19. The minimum atomic E-state index is 0.473. The van der Waals surface area contributed by atoms with Crippen molar-refractivity contribution in [3.63, 3.8) is 0 Å². The van der Waals surface area contributed by atoms with Crippen molar-refractivity contribution in [2.24, 2.45) is 4.99 Å². The molecule has 0 aliphatic carbocycles. The number of aryl methyl sites for hydroxylation is 1. The Kier molecular flexibility index (Phi) is 6.00. The summed E-state index contributed by atoms with van der Waals surface area (Å²) in [6.45, 7) is 3.94. The van der Waals surface area contributed by atoms with E-state index < -0.39 is 0 Å². The van der Waals surface area contributed by atoms with Crippen LogP contribution in [0.3, 0.4) is 0 Å². The molecular weight excluding hydrogens is 332 g/mol. The number of guanidine groups is 1. The largest absolute Gasteiger partial charge is 0.356 e. The van der Waals surface area contributed by atoms with Gasteiger partial charge in [-0.05, 0) is 30.0 Å². The van der Waals surface area contributed by atoms with Crippen LogP contribution in [0.15, 0.2) is 46.9 Å². The molecule has 0 bridgehead atoms. The van der Waals surface area contributed by atoms with Crippen LogP contribution >= 0.6 is 11.3 Å². The lowest BCUT2D eigenvalue weighted by Crippen LogP contribution is -2.39. The van der Waals surface area contributed by atoms with Gasteiger partial charge >= 0.3 is 0 Å². The first-order valence-electron chi connectivity index (χ1n) is 8.54. The number of nitrogens with zero attached hydrogens (tertiary/aromatic N) is 4. The van der Waals surface area contributed by atoms with Crippen molar-refractivity contribution < 1.29 is 0 Å². The molecule has 1 unspecified atom stereocenters. The van der Waals surface area contributed by atoms with Crippen LogP contribution in [0.2, 0.25) is 0 Å². The van der Waals surface area contributed by atoms with Gasteiger partial charge in [0.05, 0.1) is 0 Å². The fourth-order valence-corrected chi connectivity index (χ4v) is 3.44. The maximum absolute atomic E-state index is 4.29. The molecule has 3 aromatic heterocycles. The standard InChI is InChI=1S/C18H24N6S/c1-14(15-7-6-12-25-15)13-21-18(19-2)20-10-5-9-17-23-22-16-8-3-4-11-24(16)17/h3-4,6-8,11-12,14H,5,9-10,13H2,1-2H3,(H2,19,20,21). The number of rotatable bonds is 7. The van der Waals surface area contributed by atoms with Crippen LogP contribution in [0.4, 0.5) is 0 Å². The molecule has 2 N–H and O–H groups in total. The molecule has 0 spiro atoms. The van der Waals surface area contributed by atoms with Gasteiger partial charge in [-0.25, -0.2) is 0 Å². The Morgan fingerprint density at radius 3 is 2.96 bits per heavy atom. The van der Waals surface area contributed by atoms with E-state index in [1.54, 1.807) is 18.4 Å². The summed E-state index contributed by atoms with van der Waals surface area (Å²) in [5, 5.41) is 17.3. The fourth-order valence-electron chi connectivity index (χ4n) is 2.66. The first-order chi connectivity index (χ1) is 12.3. The van der Waals surface area contributed by atoms with E-state index in [9.17, 15) is 0 Å². The quantitative estimate of drug-likeness (QED) is 0.388. The molecule has 3 heterocycles. The Morgan fingerprint density at radius 1 is 1.24 bits per heavy atom. The van der Waals surface area contributed by atoms with Crippen molar-refractivity contribution in [1.29, 1.82) is 0 Å². The second kappa shape index (κ2) is 8.62. The zero-order valence-electron chi connectivity index (χ0n) is 14.6. The lowest BCUT2D eigenvalue weighted by Gasteiger charge is -2.15. The number of pyridine rings is 1. The number of nitrogens with one attached hydrogen (secondary N) is 2. The van der Waals surface area contributed by atoms with Crippen LogP contribution in [-0.4, -0.2) is 40.7 Å². The molecule has 0 saturated heterocycles. The molecular formula is C18H24N6S. The summed E-state index contributed by atoms with van der Waals surface area (Å²) in [5.41, 5.74) is 0.894. The van der Waals surface area contributed by atoms with E-state index in [-0.39, 0.29) is 0 Å². The van der Waals surface area contributed by atoms with E-state index in [4.69, 9.17) is 0 Å². The first kappa shape index (κ1) is 17.4. The third kappa shape index (κ3) is 4.57. The van der Waals surface area contributed by atoms with Gasteiger partial charge in [-0.15, -0.1) is 21.5 Å². The normalized spacial score (nSPS) is 13.1. The van der Waals surface area contributed by atoms with Gasteiger partial charge in [-0.1, -0.05) is 19.1 Å². The molecule has 0 aliphatic rings. The highest BCUT2D eigenvalue weighted by molar-refractivity contribution is 7.10. The van der Waals surface area contributed by atoms with E-state index in [1.165, 1.54) is 4.88 Å². The topological polar surface area (TPSA) is 66.6 Å². The predicted octanol–water partition coefficient (Wildman–Crippen LogP) is 2.69. The summed E-state index contributed by atoms with van der Waals surface area (Å²) in [6.07, 6.45) is 3.85. The van der Waals surface area contributed by atoms with Gasteiger partial charge in [-0.3, -0.25) is 9.39 Å². The Hall–Kier alpha value is -2.41. The van der Waals surface area contributed by atoms with Gasteiger partial charge in [0.25, 0.3) is 0 Å². The van der Waals surface area contributed by atoms with Crippen LogP contribution in [0.1, 0.15) is 30.0 Å². The van der Waals surface area contributed by atoms with Gasteiger partial charge in [0.15, 0.2) is 11.6 Å². The van der Waals surface area contributed by atoms with Gasteiger partial charge < -0.3 is 10.6 Å². The van der Waals surface area contributed by atoms with Gasteiger partial charge in [-0.2, -0.15) is 0 Å². The molecule has 1 atom stereocenters. The molecule has 0 radical (unpaired) electrons. The third-order valence-electron chi connectivity index (χ3n) is 4.08. The van der Waals surface area contributed by atoms with Crippen molar-refractivity contribution in [2.45, 2.75) is 25.7 Å². The SMILES string of the molecule is CN=C(NCCCc1nnc2ccccn12)NCC(C)c1cccs1. The number of aliphatic imine (C=N–C) groups is 1. The molecule has 3 rings (SSSR count). The zero-order valence-corrected chi connectivity index (χ0v) is 15.5. The van der Waals surface area contributed by atoms with E-state index in [2.05, 4.69) is 50.3 Å². The smallest absolute Gasteiger partial charge is 0.190 e. The minimum Gasteiger partial charge on any atom is -0.356 e. The summed E-state index contributed by atoms with van der Waals surface area (Å²) in [7, 11) is 1.80. The van der Waals surface area contributed by atoms with Gasteiger partial charge in [0.1, 0.15) is 5.82 Å². The second-order valence-electron chi connectivity index (χ2n) is 5.94. The zero-order chi connectivity index (χ0) is 17.5. The van der Waals surface area contributed by atoms with Crippen molar-refractivity contribution >= 4 is 22.9 Å². The van der Waals surface area contributed by atoms with Crippen molar-refractivity contribution in [3.05, 3.63) is 52.6 Å². The number of aromatic nitrogens is 3. The van der Waals surface area contributed by atoms with Crippen molar-refractivity contribution in [2.75, 3.05) is 20.1 Å². The summed E-state index contributed by atoms with van der Waals surface area (Å²) in [5.74, 6) is 2.31. The summed E-state index contributed by atoms with van der Waals surface area (Å²) in [4.78, 5) is 5.68. The molecule has 0 saturated carbocycles. The first-order valence-corrected chi connectivity index (χ1v) is 9.42. The Morgan fingerprint density at radius 2 is 2.16 bits per heavy atom. The highest BCUT2D eigenvalue weighted by atomic mass is 32.1. The van der Waals surface area contributed by atoms with Crippen molar-refractivity contribution in [1.82, 2.24) is 25.2 Å². The van der Waals surface area contributed by atoms with Crippen LogP contribution < -0.4 is 10.6 Å². The van der Waals surface area contributed by atoms with Crippen LogP contribution in [0.25, 0.3) is 5.65 Å². The molecule has 25 heavy (non-hydrogen) atoms. The minimum absolute atomic E-state index is 0.473. The van der Waals surface area contributed by atoms with E-state index >= 15 is 0 Å². The highest BCUT2D eigenvalue weighted by Gasteiger charge is 2.08. The molecule has 0 amide bonds. The lowest BCUT2D eigenvalue weighted by atomic mass is 10.1. The molecule has 7 heteroatoms. The van der Waals surface area contributed by atoms with E-state index in [1.807, 2.05) is 28.8 Å². The average molecular weight is 356 g/mol. The molecule has 0 aliphatic heterocycles. The summed E-state index contributed by atoms with van der Waals surface area (Å²) < 4.78 is 2.04. The maximum atomic E-state index is 4.29. The summed E-state index contributed by atoms with van der Waals surface area (Å²) in [6, 6.07) is 10.2. The van der Waals surface area contributed by atoms with E-state index in [0.717, 1.165) is 43.4 Å². The van der Waals surface area contributed by atoms with Crippen molar-refractivity contribution in [3.8, 4) is 0 Å². The second-order valence-corrected chi connectivity index (χ2v) is 6.92. The Bertz CT molecular complexity index is 808. The lowest BCUT2D eigenvalue weighted by molar-refractivity contribution is 0.686. The molecule has 6 nitrogen and oxygen atoms in total. The highest BCUT2D eigenvalue weighted by Crippen LogP contribution is 2.19. The predicted molar refractivity (Wildman–Crippen MR) is 103 cm³/mol. The average Bonchev–Trinajstić information content (AvgIpc) is 3.31. The Labute approximate surface area is 152 Å². The number of thiophene rings is 1. The number of hydrogen-bond acceptors (Lipinski definition) is 4. The van der Waals surface area contributed by atoms with Gasteiger partial charge in [0, 0.05) is 43.5 Å². The van der Waals surface area contributed by atoms with Crippen LogP contribution in [0, 0.1) is 0 Å². The monoisotopic (exact) mass is 356 g/mol. The fraction of sp³-hybridized carbons (Fsp3) is 0.389.